The molecule has 2 aromatic rings. The Bertz CT molecular complexity index is 909. The molecule has 0 saturated heterocycles. The number of hydrogen-bond acceptors (Lipinski definition) is 9. The predicted octanol–water partition coefficient (Wildman–Crippen LogP) is 2.72. The van der Waals surface area contributed by atoms with Crippen LogP contribution in [0.4, 0.5) is 0 Å². The molecule has 0 aliphatic rings. The highest BCUT2D eigenvalue weighted by atomic mass is 16.9. The number of hydrogen-bond donors (Lipinski definition) is 0. The van der Waals surface area contributed by atoms with E-state index < -0.39 is 29.8 Å². The van der Waals surface area contributed by atoms with Crippen LogP contribution in [-0.4, -0.2) is 36.4 Å². The Labute approximate surface area is 171 Å². The number of nitrogens with zero attached hydrogens (tertiary/aromatic N) is 1. The average Bonchev–Trinajstić information content (AvgIpc) is 2.71. The van der Waals surface area contributed by atoms with Gasteiger partial charge in [-0.1, -0.05) is 24.3 Å². The summed E-state index contributed by atoms with van der Waals surface area (Å²) in [6.45, 7) is 0.574. The minimum atomic E-state index is -0.846. The Balaban J connectivity index is 1.81. The molecule has 0 bridgehead atoms. The number of carbonyl (C=O) groups excluding carboxylic acids is 3. The van der Waals surface area contributed by atoms with E-state index in [2.05, 4.69) is 4.84 Å². The lowest BCUT2D eigenvalue weighted by molar-refractivity contribution is -0.757. The summed E-state index contributed by atoms with van der Waals surface area (Å²) in [7, 11) is 0. The molecule has 0 N–H and O–H groups in total. The fourth-order valence-electron chi connectivity index (χ4n) is 2.40. The number of esters is 3. The first kappa shape index (κ1) is 22.3. The van der Waals surface area contributed by atoms with Crippen molar-refractivity contribution in [2.75, 3.05) is 13.4 Å². The number of carbonyl (C=O) groups is 3. The molecule has 0 atom stereocenters. The maximum atomic E-state index is 12.1. The van der Waals surface area contributed by atoms with Gasteiger partial charge in [0.25, 0.3) is 5.09 Å². The van der Waals surface area contributed by atoms with Gasteiger partial charge in [-0.2, -0.15) is 0 Å². The van der Waals surface area contributed by atoms with Crippen LogP contribution in [0.3, 0.4) is 0 Å². The molecule has 0 unspecified atom stereocenters. The number of rotatable bonds is 10. The third-order valence-electron chi connectivity index (χ3n) is 3.74. The summed E-state index contributed by atoms with van der Waals surface area (Å²) in [6, 6.07) is 12.4. The van der Waals surface area contributed by atoms with Gasteiger partial charge in [-0.3, -0.25) is 4.79 Å². The Hall–Kier alpha value is -3.95. The zero-order valence-electron chi connectivity index (χ0n) is 16.1. The van der Waals surface area contributed by atoms with Crippen molar-refractivity contribution >= 4 is 17.9 Å². The highest BCUT2D eigenvalue weighted by Gasteiger charge is 2.16. The average molecular weight is 417 g/mol. The van der Waals surface area contributed by atoms with Crippen LogP contribution >= 0.6 is 0 Å². The van der Waals surface area contributed by atoms with E-state index in [1.165, 1.54) is 31.2 Å². The maximum Gasteiger partial charge on any atom is 0.344 e. The molecule has 30 heavy (non-hydrogen) atoms. The van der Waals surface area contributed by atoms with E-state index >= 15 is 0 Å². The van der Waals surface area contributed by atoms with Crippen LogP contribution < -0.4 is 4.74 Å². The Morgan fingerprint density at radius 2 is 1.63 bits per heavy atom. The molecule has 0 aromatic heterocycles. The van der Waals surface area contributed by atoms with E-state index in [-0.39, 0.29) is 23.5 Å². The topological polar surface area (TPSA) is 131 Å². The minimum Gasteiger partial charge on any atom is -0.426 e. The fraction of sp³-hybridized carbons (Fsp3) is 0.250. The van der Waals surface area contributed by atoms with Crippen molar-refractivity contribution in [3.05, 3.63) is 75.3 Å². The Morgan fingerprint density at radius 3 is 2.30 bits per heavy atom. The lowest BCUT2D eigenvalue weighted by Gasteiger charge is -2.09. The number of para-hydroxylation sites is 1. The molecule has 0 fully saturated rings. The molecule has 0 saturated carbocycles. The van der Waals surface area contributed by atoms with Crippen molar-refractivity contribution in [2.45, 2.75) is 19.8 Å². The number of benzene rings is 2. The van der Waals surface area contributed by atoms with Gasteiger partial charge in [-0.25, -0.2) is 9.59 Å². The SMILES string of the molecule is CC(=O)Oc1ccccc1C(=O)OCOC(=O)c1ccc(CCCO[N+](=O)[O-])cc1. The smallest absolute Gasteiger partial charge is 0.344 e. The Kier molecular flexibility index (Phi) is 8.30. The molecule has 158 valence electrons. The van der Waals surface area contributed by atoms with E-state index in [0.29, 0.717) is 12.8 Å². The molecule has 0 aliphatic heterocycles. The third kappa shape index (κ3) is 7.23. The summed E-state index contributed by atoms with van der Waals surface area (Å²) < 4.78 is 14.8. The van der Waals surface area contributed by atoms with Crippen molar-refractivity contribution in [2.24, 2.45) is 0 Å². The van der Waals surface area contributed by atoms with Gasteiger partial charge < -0.3 is 19.0 Å². The zero-order chi connectivity index (χ0) is 21.9. The normalized spacial score (nSPS) is 10.0. The van der Waals surface area contributed by atoms with Gasteiger partial charge in [-0.15, -0.1) is 10.1 Å². The second-order valence-corrected chi connectivity index (χ2v) is 5.93. The molecule has 10 nitrogen and oxygen atoms in total. The molecular formula is C20H19NO9. The largest absolute Gasteiger partial charge is 0.426 e. The van der Waals surface area contributed by atoms with Crippen molar-refractivity contribution in [1.82, 2.24) is 0 Å². The summed E-state index contributed by atoms with van der Waals surface area (Å²) in [4.78, 5) is 49.6. The Morgan fingerprint density at radius 1 is 0.967 bits per heavy atom. The van der Waals surface area contributed by atoms with E-state index in [0.717, 1.165) is 5.56 Å². The summed E-state index contributed by atoms with van der Waals surface area (Å²) in [5, 5.41) is 9.23. The van der Waals surface area contributed by atoms with Crippen molar-refractivity contribution in [3.63, 3.8) is 0 Å². The highest BCUT2D eigenvalue weighted by Crippen LogP contribution is 2.19. The third-order valence-corrected chi connectivity index (χ3v) is 3.74. The van der Waals surface area contributed by atoms with Crippen molar-refractivity contribution < 1.29 is 38.5 Å². The maximum absolute atomic E-state index is 12.1. The minimum absolute atomic E-state index is 0.0112. The summed E-state index contributed by atoms with van der Waals surface area (Å²) in [6.07, 6.45) is 0.998. The monoisotopic (exact) mass is 417 g/mol. The quantitative estimate of drug-likeness (QED) is 0.143. The van der Waals surface area contributed by atoms with Gasteiger partial charge in [0.05, 0.1) is 12.2 Å². The first-order valence-electron chi connectivity index (χ1n) is 8.84. The second-order valence-electron chi connectivity index (χ2n) is 5.93. The summed E-state index contributed by atoms with van der Waals surface area (Å²) in [5.74, 6) is -2.05. The highest BCUT2D eigenvalue weighted by molar-refractivity contribution is 5.93. The molecule has 2 aromatic carbocycles. The first-order chi connectivity index (χ1) is 14.4. The van der Waals surface area contributed by atoms with Crippen LogP contribution in [0.15, 0.2) is 48.5 Å². The van der Waals surface area contributed by atoms with Crippen molar-refractivity contribution in [3.8, 4) is 5.75 Å². The molecule has 0 amide bonds. The molecular weight excluding hydrogens is 398 g/mol. The standard InChI is InChI=1S/C20H19NO9/c1-14(22)30-18-7-3-2-6-17(18)20(24)28-13-27-19(23)16-10-8-15(9-11-16)5-4-12-29-21(25)26/h2-3,6-11H,4-5,12-13H2,1H3. The van der Waals surface area contributed by atoms with Gasteiger partial charge in [-0.05, 0) is 42.7 Å². The van der Waals surface area contributed by atoms with Crippen LogP contribution in [0.25, 0.3) is 0 Å². The van der Waals surface area contributed by atoms with Crippen LogP contribution in [0.1, 0.15) is 39.6 Å². The van der Waals surface area contributed by atoms with Gasteiger partial charge in [0, 0.05) is 6.92 Å². The summed E-state index contributed by atoms with van der Waals surface area (Å²) in [5.41, 5.74) is 1.14. The molecule has 0 aliphatic carbocycles. The second kappa shape index (κ2) is 11.1. The van der Waals surface area contributed by atoms with Gasteiger partial charge >= 0.3 is 17.9 Å². The van der Waals surface area contributed by atoms with Crippen LogP contribution in [0, 0.1) is 10.1 Å². The molecule has 10 heteroatoms. The summed E-state index contributed by atoms with van der Waals surface area (Å²) >= 11 is 0. The molecule has 0 spiro atoms. The van der Waals surface area contributed by atoms with Crippen molar-refractivity contribution in [1.29, 1.82) is 0 Å². The van der Waals surface area contributed by atoms with Crippen LogP contribution in [0.2, 0.25) is 0 Å². The van der Waals surface area contributed by atoms with E-state index in [1.807, 2.05) is 0 Å². The fourth-order valence-corrected chi connectivity index (χ4v) is 2.40. The zero-order valence-corrected chi connectivity index (χ0v) is 16.1. The lowest BCUT2D eigenvalue weighted by atomic mass is 10.1. The molecule has 0 radical (unpaired) electrons. The molecule has 2 rings (SSSR count). The van der Waals surface area contributed by atoms with Gasteiger partial charge in [0.1, 0.15) is 11.3 Å². The van der Waals surface area contributed by atoms with Gasteiger partial charge in [0.15, 0.2) is 0 Å². The predicted molar refractivity (Wildman–Crippen MR) is 101 cm³/mol. The number of ether oxygens (including phenoxy) is 3. The van der Waals surface area contributed by atoms with Crippen LogP contribution in [-0.2, 0) is 25.5 Å². The number of aryl methyl sites for hydroxylation is 1. The molecule has 0 heterocycles. The lowest BCUT2D eigenvalue weighted by Crippen LogP contribution is -2.14. The first-order valence-corrected chi connectivity index (χ1v) is 8.84. The van der Waals surface area contributed by atoms with E-state index in [9.17, 15) is 24.5 Å². The van der Waals surface area contributed by atoms with Gasteiger partial charge in [0.2, 0.25) is 6.79 Å². The van der Waals surface area contributed by atoms with E-state index in [1.54, 1.807) is 24.3 Å². The van der Waals surface area contributed by atoms with E-state index in [4.69, 9.17) is 14.2 Å². The van der Waals surface area contributed by atoms with Crippen LogP contribution in [0.5, 0.6) is 5.75 Å².